The molecule has 2 aromatic rings. The lowest BCUT2D eigenvalue weighted by atomic mass is 10.3. The molecule has 2 rings (SSSR count). The highest BCUT2D eigenvalue weighted by molar-refractivity contribution is 9.10. The molecule has 116 valence electrons. The minimum Gasteiger partial charge on any atom is -0.465 e. The van der Waals surface area contributed by atoms with Crippen LogP contribution in [0.5, 0.6) is 0 Å². The third kappa shape index (κ3) is 5.54. The van der Waals surface area contributed by atoms with Crippen LogP contribution in [0.1, 0.15) is 18.3 Å². The van der Waals surface area contributed by atoms with Crippen molar-refractivity contribution in [2.24, 2.45) is 0 Å². The fourth-order valence-corrected chi connectivity index (χ4v) is 2.24. The van der Waals surface area contributed by atoms with Gasteiger partial charge in [0.15, 0.2) is 0 Å². The fraction of sp³-hybridized carbons (Fsp3) is 0.312. The second-order valence-electron chi connectivity index (χ2n) is 4.74. The van der Waals surface area contributed by atoms with Gasteiger partial charge in [0.05, 0.1) is 24.5 Å². The molecule has 2 aromatic heterocycles. The van der Waals surface area contributed by atoms with Crippen molar-refractivity contribution in [1.29, 1.82) is 0 Å². The van der Waals surface area contributed by atoms with E-state index in [-0.39, 0.29) is 12.5 Å². The molecule has 5 nitrogen and oxygen atoms in total. The Morgan fingerprint density at radius 1 is 1.18 bits per heavy atom. The Balaban J connectivity index is 2.06. The van der Waals surface area contributed by atoms with E-state index in [1.807, 2.05) is 35.2 Å². The number of carbonyl (C=O) groups is 1. The summed E-state index contributed by atoms with van der Waals surface area (Å²) in [6.45, 7) is 3.52. The molecular weight excluding hydrogens is 346 g/mol. The van der Waals surface area contributed by atoms with E-state index in [0.717, 1.165) is 15.9 Å². The summed E-state index contributed by atoms with van der Waals surface area (Å²) < 4.78 is 5.97. The highest BCUT2D eigenvalue weighted by Gasteiger charge is 2.14. The van der Waals surface area contributed by atoms with Gasteiger partial charge in [-0.15, -0.1) is 0 Å². The van der Waals surface area contributed by atoms with Gasteiger partial charge >= 0.3 is 5.97 Å². The second-order valence-corrected chi connectivity index (χ2v) is 5.65. The molecule has 0 aliphatic carbocycles. The van der Waals surface area contributed by atoms with Crippen LogP contribution >= 0.6 is 15.9 Å². The molecule has 0 spiro atoms. The first-order chi connectivity index (χ1) is 10.7. The van der Waals surface area contributed by atoms with Crippen LogP contribution < -0.4 is 0 Å². The number of ether oxygens (including phenoxy) is 1. The summed E-state index contributed by atoms with van der Waals surface area (Å²) in [5.41, 5.74) is 1.80. The molecule has 0 fully saturated rings. The molecule has 0 N–H and O–H groups in total. The van der Waals surface area contributed by atoms with Gasteiger partial charge in [0.25, 0.3) is 0 Å². The van der Waals surface area contributed by atoms with Crippen molar-refractivity contribution in [3.63, 3.8) is 0 Å². The van der Waals surface area contributed by atoms with Crippen LogP contribution in [0.3, 0.4) is 0 Å². The van der Waals surface area contributed by atoms with Gasteiger partial charge in [0, 0.05) is 30.0 Å². The molecule has 0 aromatic carbocycles. The van der Waals surface area contributed by atoms with Crippen LogP contribution in [-0.2, 0) is 22.6 Å². The average molecular weight is 364 g/mol. The van der Waals surface area contributed by atoms with Gasteiger partial charge < -0.3 is 4.74 Å². The predicted octanol–water partition coefficient (Wildman–Crippen LogP) is 2.80. The Bertz CT molecular complexity index is 590. The van der Waals surface area contributed by atoms with Crippen molar-refractivity contribution in [1.82, 2.24) is 14.9 Å². The molecule has 6 heteroatoms. The molecule has 0 unspecified atom stereocenters. The lowest BCUT2D eigenvalue weighted by Gasteiger charge is -2.20. The summed E-state index contributed by atoms with van der Waals surface area (Å²) in [6, 6.07) is 9.61. The van der Waals surface area contributed by atoms with Crippen LogP contribution in [0.15, 0.2) is 47.2 Å². The van der Waals surface area contributed by atoms with Crippen LogP contribution in [-0.4, -0.2) is 34.0 Å². The SMILES string of the molecule is CCOC(=O)CN(Cc1ccccn1)Cc1ccc(Br)cn1. The summed E-state index contributed by atoms with van der Waals surface area (Å²) in [5.74, 6) is -0.240. The van der Waals surface area contributed by atoms with E-state index in [4.69, 9.17) is 4.74 Å². The number of hydrogen-bond acceptors (Lipinski definition) is 5. The van der Waals surface area contributed by atoms with Crippen LogP contribution in [0.25, 0.3) is 0 Å². The number of carbonyl (C=O) groups excluding carboxylic acids is 1. The van der Waals surface area contributed by atoms with E-state index in [0.29, 0.717) is 19.7 Å². The Morgan fingerprint density at radius 2 is 1.95 bits per heavy atom. The monoisotopic (exact) mass is 363 g/mol. The van der Waals surface area contributed by atoms with Crippen molar-refractivity contribution < 1.29 is 9.53 Å². The largest absolute Gasteiger partial charge is 0.465 e. The van der Waals surface area contributed by atoms with Gasteiger partial charge in [-0.2, -0.15) is 0 Å². The van der Waals surface area contributed by atoms with E-state index < -0.39 is 0 Å². The van der Waals surface area contributed by atoms with Crippen molar-refractivity contribution in [2.45, 2.75) is 20.0 Å². The first-order valence-electron chi connectivity index (χ1n) is 7.05. The van der Waals surface area contributed by atoms with Crippen molar-refractivity contribution in [3.8, 4) is 0 Å². The maximum absolute atomic E-state index is 11.8. The number of rotatable bonds is 7. The summed E-state index contributed by atoms with van der Waals surface area (Å²) in [6.07, 6.45) is 3.49. The Hall–Kier alpha value is -1.79. The van der Waals surface area contributed by atoms with Gasteiger partial charge in [-0.05, 0) is 47.1 Å². The second kappa shape index (κ2) is 8.60. The zero-order valence-corrected chi connectivity index (χ0v) is 14.0. The van der Waals surface area contributed by atoms with E-state index >= 15 is 0 Å². The lowest BCUT2D eigenvalue weighted by Crippen LogP contribution is -2.31. The summed E-state index contributed by atoms with van der Waals surface area (Å²) >= 11 is 3.37. The third-order valence-electron chi connectivity index (χ3n) is 2.94. The maximum atomic E-state index is 11.8. The molecule has 0 amide bonds. The first kappa shape index (κ1) is 16.6. The number of hydrogen-bond donors (Lipinski definition) is 0. The smallest absolute Gasteiger partial charge is 0.320 e. The van der Waals surface area contributed by atoms with Crippen molar-refractivity contribution in [3.05, 3.63) is 58.6 Å². The molecule has 0 atom stereocenters. The Kier molecular flexibility index (Phi) is 6.48. The highest BCUT2D eigenvalue weighted by Crippen LogP contribution is 2.11. The molecule has 0 saturated carbocycles. The fourth-order valence-electron chi connectivity index (χ4n) is 2.01. The van der Waals surface area contributed by atoms with E-state index in [1.54, 1.807) is 19.3 Å². The standard InChI is InChI=1S/C16H18BrN3O2/c1-2-22-16(21)12-20(10-14-5-3-4-8-18-14)11-15-7-6-13(17)9-19-15/h3-9H,2,10-12H2,1H3. The van der Waals surface area contributed by atoms with Crippen molar-refractivity contribution in [2.75, 3.05) is 13.2 Å². The lowest BCUT2D eigenvalue weighted by molar-refractivity contribution is -0.144. The topological polar surface area (TPSA) is 55.3 Å². The van der Waals surface area contributed by atoms with Gasteiger partial charge in [0.1, 0.15) is 0 Å². The Morgan fingerprint density at radius 3 is 2.55 bits per heavy atom. The molecule has 2 heterocycles. The number of halogens is 1. The van der Waals surface area contributed by atoms with Crippen molar-refractivity contribution >= 4 is 21.9 Å². The van der Waals surface area contributed by atoms with E-state index in [2.05, 4.69) is 25.9 Å². The summed E-state index contributed by atoms with van der Waals surface area (Å²) in [5, 5.41) is 0. The predicted molar refractivity (Wildman–Crippen MR) is 86.9 cm³/mol. The number of nitrogens with zero attached hydrogens (tertiary/aromatic N) is 3. The van der Waals surface area contributed by atoms with E-state index in [9.17, 15) is 4.79 Å². The van der Waals surface area contributed by atoms with Crippen LogP contribution in [0.2, 0.25) is 0 Å². The molecule has 0 aliphatic heterocycles. The summed E-state index contributed by atoms with van der Waals surface area (Å²) in [4.78, 5) is 22.4. The maximum Gasteiger partial charge on any atom is 0.320 e. The summed E-state index contributed by atoms with van der Waals surface area (Å²) in [7, 11) is 0. The van der Waals surface area contributed by atoms with Gasteiger partial charge in [-0.25, -0.2) is 0 Å². The molecule has 0 radical (unpaired) electrons. The van der Waals surface area contributed by atoms with Gasteiger partial charge in [-0.1, -0.05) is 6.07 Å². The molecule has 0 aliphatic rings. The Labute approximate surface area is 138 Å². The average Bonchev–Trinajstić information content (AvgIpc) is 2.51. The van der Waals surface area contributed by atoms with Crippen LogP contribution in [0.4, 0.5) is 0 Å². The number of pyridine rings is 2. The number of esters is 1. The molecular formula is C16H18BrN3O2. The minimum absolute atomic E-state index is 0.210. The molecule has 22 heavy (non-hydrogen) atoms. The first-order valence-corrected chi connectivity index (χ1v) is 7.85. The zero-order valence-electron chi connectivity index (χ0n) is 12.4. The van der Waals surface area contributed by atoms with Gasteiger partial charge in [0.2, 0.25) is 0 Å². The number of aromatic nitrogens is 2. The minimum atomic E-state index is -0.240. The van der Waals surface area contributed by atoms with E-state index in [1.165, 1.54) is 0 Å². The van der Waals surface area contributed by atoms with Crippen LogP contribution in [0, 0.1) is 0 Å². The molecule has 0 bridgehead atoms. The van der Waals surface area contributed by atoms with Gasteiger partial charge in [-0.3, -0.25) is 19.7 Å². The molecule has 0 saturated heterocycles. The third-order valence-corrected chi connectivity index (χ3v) is 3.41. The highest BCUT2D eigenvalue weighted by atomic mass is 79.9. The zero-order chi connectivity index (χ0) is 15.8. The quantitative estimate of drug-likeness (QED) is 0.708. The normalized spacial score (nSPS) is 10.7.